The van der Waals surface area contributed by atoms with Crippen molar-refractivity contribution < 1.29 is 40.7 Å². The highest BCUT2D eigenvalue weighted by atomic mass is 31.2. The summed E-state index contributed by atoms with van der Waals surface area (Å²) < 4.78 is 76.4. The minimum atomic E-state index is -4.03. The minimum Gasteiger partial charge on any atom is -0.330 e. The van der Waals surface area contributed by atoms with Crippen molar-refractivity contribution >= 4 is 7.60 Å². The third-order valence-electron chi connectivity index (χ3n) is 1.33. The van der Waals surface area contributed by atoms with Gasteiger partial charge in [0.15, 0.2) is 0 Å². The molecule has 0 spiro atoms. The highest BCUT2D eigenvalue weighted by molar-refractivity contribution is 7.50. The van der Waals surface area contributed by atoms with Crippen molar-refractivity contribution in [2.45, 2.75) is 38.0 Å². The van der Waals surface area contributed by atoms with Gasteiger partial charge >= 0.3 is 19.9 Å². The molecule has 0 atom stereocenters. The van der Waals surface area contributed by atoms with Gasteiger partial charge < -0.3 is 21.3 Å². The molecular formula is C9H21F6N2O3P. The molecule has 0 aromatic heterocycles. The van der Waals surface area contributed by atoms with Crippen molar-refractivity contribution in [3.8, 4) is 0 Å². The fourth-order valence-corrected chi connectivity index (χ4v) is 0.605. The Labute approximate surface area is 118 Å². The maximum absolute atomic E-state index is 11.2. The van der Waals surface area contributed by atoms with Gasteiger partial charge in [0.25, 0.3) is 0 Å². The normalized spacial score (nSPS) is 12.0. The van der Waals surface area contributed by atoms with E-state index in [-0.39, 0.29) is 25.9 Å². The van der Waals surface area contributed by atoms with E-state index in [1.54, 1.807) is 0 Å². The van der Waals surface area contributed by atoms with E-state index >= 15 is 0 Å². The zero-order chi connectivity index (χ0) is 17.7. The zero-order valence-electron chi connectivity index (χ0n) is 11.4. The molecule has 132 valence electrons. The van der Waals surface area contributed by atoms with Crippen LogP contribution in [0.4, 0.5) is 26.3 Å². The van der Waals surface area contributed by atoms with Gasteiger partial charge in [-0.1, -0.05) is 0 Å². The Kier molecular flexibility index (Phi) is 14.9. The van der Waals surface area contributed by atoms with E-state index in [0.29, 0.717) is 0 Å². The van der Waals surface area contributed by atoms with Crippen molar-refractivity contribution in [3.63, 3.8) is 0 Å². The first-order valence-corrected chi connectivity index (χ1v) is 7.75. The van der Waals surface area contributed by atoms with Gasteiger partial charge in [-0.05, 0) is 25.9 Å². The van der Waals surface area contributed by atoms with Crippen LogP contribution in [-0.2, 0) is 4.57 Å². The molecule has 0 rings (SSSR count). The van der Waals surface area contributed by atoms with Crippen LogP contribution in [0.15, 0.2) is 0 Å². The molecule has 0 amide bonds. The maximum Gasteiger partial charge on any atom is 0.389 e. The Hall–Kier alpha value is -0.350. The van der Waals surface area contributed by atoms with Gasteiger partial charge in [-0.25, -0.2) is 0 Å². The summed E-state index contributed by atoms with van der Waals surface area (Å²) in [6.07, 6.45) is -9.52. The highest BCUT2D eigenvalue weighted by Crippen LogP contribution is 2.26. The van der Waals surface area contributed by atoms with Crippen molar-refractivity contribution in [1.82, 2.24) is 0 Å². The lowest BCUT2D eigenvalue weighted by molar-refractivity contribution is -0.135. The molecule has 0 aliphatic carbocycles. The lowest BCUT2D eigenvalue weighted by Gasteiger charge is -2.02. The van der Waals surface area contributed by atoms with E-state index in [2.05, 4.69) is 0 Å². The van der Waals surface area contributed by atoms with Crippen LogP contribution in [0.1, 0.15) is 25.7 Å². The molecule has 0 aliphatic rings. The number of alkyl halides is 6. The molecule has 0 fully saturated rings. The topological polar surface area (TPSA) is 110 Å². The van der Waals surface area contributed by atoms with Crippen LogP contribution >= 0.6 is 7.60 Å². The Morgan fingerprint density at radius 3 is 1.10 bits per heavy atom. The van der Waals surface area contributed by atoms with Crippen LogP contribution in [0.3, 0.4) is 0 Å². The molecule has 12 heteroatoms. The van der Waals surface area contributed by atoms with Gasteiger partial charge in [-0.2, -0.15) is 26.3 Å². The molecule has 0 saturated carbocycles. The molecule has 0 heterocycles. The molecule has 6 N–H and O–H groups in total. The average Bonchev–Trinajstić information content (AvgIpc) is 2.20. The summed E-state index contributed by atoms with van der Waals surface area (Å²) in [7, 11) is -3.64. The van der Waals surface area contributed by atoms with Crippen LogP contribution in [0.5, 0.6) is 0 Å². The molecule has 0 bridgehead atoms. The highest BCUT2D eigenvalue weighted by Gasteiger charge is 2.25. The van der Waals surface area contributed by atoms with E-state index in [9.17, 15) is 30.9 Å². The minimum absolute atomic E-state index is 0.0312. The number of hydrogen-bond acceptors (Lipinski definition) is 3. The molecule has 0 saturated heterocycles. The summed E-state index contributed by atoms with van der Waals surface area (Å²) in [6.45, 7) is 1.08. The molecule has 21 heavy (non-hydrogen) atoms. The maximum atomic E-state index is 11.2. The summed E-state index contributed by atoms with van der Waals surface area (Å²) in [5, 5.41) is 0. The summed E-state index contributed by atoms with van der Waals surface area (Å²) in [5.74, 6) is 0. The van der Waals surface area contributed by atoms with Gasteiger partial charge in [0.1, 0.15) is 0 Å². The van der Waals surface area contributed by atoms with E-state index in [4.69, 9.17) is 21.3 Å². The molecule has 0 aromatic rings. The Bertz CT molecular complexity index is 253. The van der Waals surface area contributed by atoms with E-state index in [1.165, 1.54) is 0 Å². The van der Waals surface area contributed by atoms with Gasteiger partial charge in [-0.3, -0.25) is 4.57 Å². The zero-order valence-corrected chi connectivity index (χ0v) is 12.3. The second-order valence-electron chi connectivity index (χ2n) is 3.85. The van der Waals surface area contributed by atoms with Crippen molar-refractivity contribution in [2.24, 2.45) is 11.5 Å². The fourth-order valence-electron chi connectivity index (χ4n) is 0.605. The first kappa shape index (κ1) is 25.6. The Morgan fingerprint density at radius 1 is 0.857 bits per heavy atom. The van der Waals surface area contributed by atoms with E-state index in [0.717, 1.165) is 6.66 Å². The molecule has 5 nitrogen and oxygen atoms in total. The number of halogens is 6. The van der Waals surface area contributed by atoms with Crippen LogP contribution in [0.25, 0.3) is 0 Å². The predicted octanol–water partition coefficient (Wildman–Crippen LogP) is 2.37. The average molecular weight is 350 g/mol. The third-order valence-corrected chi connectivity index (χ3v) is 1.33. The quantitative estimate of drug-likeness (QED) is 0.460. The smallest absolute Gasteiger partial charge is 0.330 e. The second-order valence-corrected chi connectivity index (χ2v) is 5.52. The van der Waals surface area contributed by atoms with E-state index < -0.39 is 32.8 Å². The molecule has 0 aliphatic heterocycles. The van der Waals surface area contributed by atoms with Crippen LogP contribution in [-0.4, -0.2) is 41.9 Å². The molecule has 0 radical (unpaired) electrons. The third kappa shape index (κ3) is 65.7. The first-order valence-electron chi connectivity index (χ1n) is 5.69. The lowest BCUT2D eigenvalue weighted by atomic mass is 10.3. The van der Waals surface area contributed by atoms with Crippen LogP contribution in [0.2, 0.25) is 0 Å². The van der Waals surface area contributed by atoms with Crippen molar-refractivity contribution in [1.29, 1.82) is 0 Å². The summed E-state index contributed by atoms with van der Waals surface area (Å²) >= 11 is 0. The predicted molar refractivity (Wildman–Crippen MR) is 66.7 cm³/mol. The van der Waals surface area contributed by atoms with Gasteiger partial charge in [0.2, 0.25) is 0 Å². The molecule has 0 aromatic carbocycles. The SMILES string of the molecule is CP(=O)(O)O.NCCCC(F)(F)F.NCCCC(F)(F)F. The lowest BCUT2D eigenvalue weighted by Crippen LogP contribution is -2.10. The fraction of sp³-hybridized carbons (Fsp3) is 1.00. The molecule has 0 unspecified atom stereocenters. The standard InChI is InChI=1S/2C4H8F3N.CH5O3P/c2*5-4(6,7)2-1-3-8;1-5(2,3)4/h2*1-3,8H2;1H3,(H2,2,3,4). The Balaban J connectivity index is -0.000000239. The van der Waals surface area contributed by atoms with Crippen LogP contribution in [0, 0.1) is 0 Å². The largest absolute Gasteiger partial charge is 0.389 e. The van der Waals surface area contributed by atoms with Crippen molar-refractivity contribution in [3.05, 3.63) is 0 Å². The van der Waals surface area contributed by atoms with Crippen LogP contribution < -0.4 is 11.5 Å². The number of nitrogens with two attached hydrogens (primary N) is 2. The van der Waals surface area contributed by atoms with E-state index in [1.807, 2.05) is 0 Å². The Morgan fingerprint density at radius 2 is 1.05 bits per heavy atom. The number of rotatable bonds is 4. The van der Waals surface area contributed by atoms with Gasteiger partial charge in [0.05, 0.1) is 0 Å². The molecular weight excluding hydrogens is 329 g/mol. The van der Waals surface area contributed by atoms with Gasteiger partial charge in [0, 0.05) is 19.5 Å². The second kappa shape index (κ2) is 12.2. The summed E-state index contributed by atoms with van der Waals surface area (Å²) in [6, 6.07) is 0. The van der Waals surface area contributed by atoms with Gasteiger partial charge in [-0.15, -0.1) is 0 Å². The first-order chi connectivity index (χ1) is 9.12. The van der Waals surface area contributed by atoms with Crippen molar-refractivity contribution in [2.75, 3.05) is 19.8 Å². The number of hydrogen-bond donors (Lipinski definition) is 4. The summed E-state index contributed by atoms with van der Waals surface area (Å²) in [5.41, 5.74) is 9.67. The monoisotopic (exact) mass is 350 g/mol. The summed E-state index contributed by atoms with van der Waals surface area (Å²) in [4.78, 5) is 15.3.